The maximum absolute atomic E-state index is 12.1. The standard InChI is InChI=1S/C12H23N3O4/c1-9-8-14(2)5-3-6-15(9)12(19)13-10(4-7-16)11(17)18/h9-10,16H,3-8H2,1-2H3,(H,13,19)(H,17,18). The number of rotatable bonds is 4. The van der Waals surface area contributed by atoms with Gasteiger partial charge in [0.2, 0.25) is 0 Å². The molecule has 1 saturated heterocycles. The van der Waals surface area contributed by atoms with Crippen molar-refractivity contribution in [2.24, 2.45) is 0 Å². The molecule has 0 bridgehead atoms. The second-order valence-electron chi connectivity index (χ2n) is 5.01. The van der Waals surface area contributed by atoms with Gasteiger partial charge in [-0.2, -0.15) is 0 Å². The molecule has 1 aliphatic rings. The van der Waals surface area contributed by atoms with E-state index in [9.17, 15) is 9.59 Å². The van der Waals surface area contributed by atoms with Gasteiger partial charge in [-0.15, -0.1) is 0 Å². The molecule has 2 amide bonds. The molecule has 7 heteroatoms. The number of amides is 2. The van der Waals surface area contributed by atoms with Crippen molar-refractivity contribution in [1.29, 1.82) is 0 Å². The molecule has 0 aromatic carbocycles. The number of hydrogen-bond donors (Lipinski definition) is 3. The lowest BCUT2D eigenvalue weighted by atomic mass is 10.2. The number of likely N-dealkylation sites (N-methyl/N-ethyl adjacent to an activating group) is 1. The highest BCUT2D eigenvalue weighted by molar-refractivity contribution is 5.82. The van der Waals surface area contributed by atoms with Crippen LogP contribution in [0.15, 0.2) is 0 Å². The lowest BCUT2D eigenvalue weighted by Gasteiger charge is -2.29. The van der Waals surface area contributed by atoms with Crippen LogP contribution in [0.4, 0.5) is 4.79 Å². The van der Waals surface area contributed by atoms with Crippen LogP contribution in [-0.4, -0.2) is 77.4 Å². The monoisotopic (exact) mass is 273 g/mol. The molecule has 110 valence electrons. The molecule has 2 unspecified atom stereocenters. The number of aliphatic hydroxyl groups excluding tert-OH is 1. The normalized spacial score (nSPS) is 22.7. The third-order valence-electron chi connectivity index (χ3n) is 3.32. The number of carboxylic acids is 1. The number of nitrogens with one attached hydrogen (secondary N) is 1. The first-order chi connectivity index (χ1) is 8.95. The summed E-state index contributed by atoms with van der Waals surface area (Å²) in [7, 11) is 2.00. The van der Waals surface area contributed by atoms with Crippen molar-refractivity contribution in [1.82, 2.24) is 15.1 Å². The Kier molecular flexibility index (Phi) is 6.04. The van der Waals surface area contributed by atoms with E-state index in [2.05, 4.69) is 10.2 Å². The lowest BCUT2D eigenvalue weighted by molar-refractivity contribution is -0.139. The van der Waals surface area contributed by atoms with Crippen molar-refractivity contribution >= 4 is 12.0 Å². The van der Waals surface area contributed by atoms with Gasteiger partial charge in [0.1, 0.15) is 6.04 Å². The minimum Gasteiger partial charge on any atom is -0.480 e. The van der Waals surface area contributed by atoms with Gasteiger partial charge in [0.25, 0.3) is 0 Å². The van der Waals surface area contributed by atoms with Gasteiger partial charge < -0.3 is 25.3 Å². The van der Waals surface area contributed by atoms with E-state index in [4.69, 9.17) is 10.2 Å². The number of carboxylic acid groups (broad SMARTS) is 1. The van der Waals surface area contributed by atoms with Gasteiger partial charge >= 0.3 is 12.0 Å². The smallest absolute Gasteiger partial charge is 0.326 e. The molecule has 1 fully saturated rings. The Balaban J connectivity index is 2.62. The molecule has 1 rings (SSSR count). The predicted molar refractivity (Wildman–Crippen MR) is 69.9 cm³/mol. The summed E-state index contributed by atoms with van der Waals surface area (Å²) in [5.41, 5.74) is 0. The maximum Gasteiger partial charge on any atom is 0.326 e. The molecule has 1 aliphatic heterocycles. The third kappa shape index (κ3) is 4.68. The number of hydrogen-bond acceptors (Lipinski definition) is 4. The number of carbonyl (C=O) groups is 2. The summed E-state index contributed by atoms with van der Waals surface area (Å²) in [5, 5.41) is 20.2. The first-order valence-electron chi connectivity index (χ1n) is 6.55. The Morgan fingerprint density at radius 3 is 2.68 bits per heavy atom. The van der Waals surface area contributed by atoms with Crippen molar-refractivity contribution in [2.45, 2.75) is 31.8 Å². The fourth-order valence-electron chi connectivity index (χ4n) is 2.29. The topological polar surface area (TPSA) is 93.1 Å². The maximum atomic E-state index is 12.1. The van der Waals surface area contributed by atoms with Crippen LogP contribution in [0.1, 0.15) is 19.8 Å². The predicted octanol–water partition coefficient (Wildman–Crippen LogP) is -0.442. The van der Waals surface area contributed by atoms with E-state index in [0.29, 0.717) is 6.54 Å². The largest absolute Gasteiger partial charge is 0.480 e. The van der Waals surface area contributed by atoms with E-state index in [-0.39, 0.29) is 25.1 Å². The first kappa shape index (κ1) is 15.7. The second kappa shape index (κ2) is 7.30. The average Bonchev–Trinajstić information content (AvgIpc) is 2.49. The summed E-state index contributed by atoms with van der Waals surface area (Å²) < 4.78 is 0. The van der Waals surface area contributed by atoms with E-state index in [0.717, 1.165) is 19.5 Å². The molecule has 7 nitrogen and oxygen atoms in total. The van der Waals surface area contributed by atoms with Crippen molar-refractivity contribution in [3.8, 4) is 0 Å². The Bertz CT molecular complexity index is 324. The van der Waals surface area contributed by atoms with Gasteiger partial charge in [-0.3, -0.25) is 0 Å². The summed E-state index contributed by atoms with van der Waals surface area (Å²) >= 11 is 0. The molecule has 0 aromatic rings. The van der Waals surface area contributed by atoms with E-state index < -0.39 is 12.0 Å². The highest BCUT2D eigenvalue weighted by Crippen LogP contribution is 2.09. The van der Waals surface area contributed by atoms with Crippen LogP contribution in [0.5, 0.6) is 0 Å². The molecule has 0 saturated carbocycles. The first-order valence-corrected chi connectivity index (χ1v) is 6.55. The van der Waals surface area contributed by atoms with E-state index in [1.807, 2.05) is 14.0 Å². The molecule has 3 N–H and O–H groups in total. The molecule has 19 heavy (non-hydrogen) atoms. The Labute approximate surface area is 113 Å². The molecule has 0 spiro atoms. The SMILES string of the molecule is CC1CN(C)CCCN1C(=O)NC(CCO)C(=O)O. The van der Waals surface area contributed by atoms with Gasteiger partial charge in [0, 0.05) is 32.2 Å². The number of carbonyl (C=O) groups excluding carboxylic acids is 1. The molecular formula is C12H23N3O4. The number of aliphatic carboxylic acids is 1. The van der Waals surface area contributed by atoms with Crippen LogP contribution < -0.4 is 5.32 Å². The molecular weight excluding hydrogens is 250 g/mol. The van der Waals surface area contributed by atoms with Gasteiger partial charge in [-0.25, -0.2) is 9.59 Å². The van der Waals surface area contributed by atoms with Crippen LogP contribution in [0.3, 0.4) is 0 Å². The zero-order valence-electron chi connectivity index (χ0n) is 11.5. The summed E-state index contributed by atoms with van der Waals surface area (Å²) in [5.74, 6) is -1.12. The Morgan fingerprint density at radius 1 is 1.42 bits per heavy atom. The molecule has 2 atom stereocenters. The Hall–Kier alpha value is -1.34. The van der Waals surface area contributed by atoms with Crippen LogP contribution in [-0.2, 0) is 4.79 Å². The number of nitrogens with zero attached hydrogens (tertiary/aromatic N) is 2. The van der Waals surface area contributed by atoms with E-state index >= 15 is 0 Å². The highest BCUT2D eigenvalue weighted by atomic mass is 16.4. The van der Waals surface area contributed by atoms with Gasteiger partial charge in [0.15, 0.2) is 0 Å². The average molecular weight is 273 g/mol. The van der Waals surface area contributed by atoms with Crippen LogP contribution >= 0.6 is 0 Å². The zero-order valence-corrected chi connectivity index (χ0v) is 11.5. The fraction of sp³-hybridized carbons (Fsp3) is 0.833. The van der Waals surface area contributed by atoms with Crippen LogP contribution in [0, 0.1) is 0 Å². The summed E-state index contributed by atoms with van der Waals surface area (Å²) in [4.78, 5) is 26.9. The van der Waals surface area contributed by atoms with Gasteiger partial charge in [-0.05, 0) is 26.9 Å². The number of aliphatic hydroxyl groups is 1. The van der Waals surface area contributed by atoms with Crippen molar-refractivity contribution in [3.63, 3.8) is 0 Å². The van der Waals surface area contributed by atoms with Crippen molar-refractivity contribution < 1.29 is 19.8 Å². The lowest BCUT2D eigenvalue weighted by Crippen LogP contribution is -2.52. The fourth-order valence-corrected chi connectivity index (χ4v) is 2.29. The molecule has 0 aliphatic carbocycles. The van der Waals surface area contributed by atoms with E-state index in [1.54, 1.807) is 4.90 Å². The zero-order chi connectivity index (χ0) is 14.4. The minimum absolute atomic E-state index is 0.0171. The third-order valence-corrected chi connectivity index (χ3v) is 3.32. The summed E-state index contributed by atoms with van der Waals surface area (Å²) in [6.45, 7) is 3.99. The molecule has 1 heterocycles. The quantitative estimate of drug-likeness (QED) is 0.645. The van der Waals surface area contributed by atoms with Gasteiger partial charge in [-0.1, -0.05) is 0 Å². The van der Waals surface area contributed by atoms with Gasteiger partial charge in [0.05, 0.1) is 0 Å². The van der Waals surface area contributed by atoms with E-state index in [1.165, 1.54) is 0 Å². The van der Waals surface area contributed by atoms with Crippen LogP contribution in [0.2, 0.25) is 0 Å². The second-order valence-corrected chi connectivity index (χ2v) is 5.01. The minimum atomic E-state index is -1.12. The molecule has 0 aromatic heterocycles. The number of urea groups is 1. The summed E-state index contributed by atoms with van der Waals surface area (Å²) in [6, 6.07) is -1.37. The van der Waals surface area contributed by atoms with Crippen LogP contribution in [0.25, 0.3) is 0 Å². The molecule has 0 radical (unpaired) electrons. The van der Waals surface area contributed by atoms with Crippen molar-refractivity contribution in [3.05, 3.63) is 0 Å². The van der Waals surface area contributed by atoms with Crippen molar-refractivity contribution in [2.75, 3.05) is 33.3 Å². The summed E-state index contributed by atoms with van der Waals surface area (Å²) in [6.07, 6.45) is 0.884. The Morgan fingerprint density at radius 2 is 2.11 bits per heavy atom. The highest BCUT2D eigenvalue weighted by Gasteiger charge is 2.27.